The van der Waals surface area contributed by atoms with Crippen LogP contribution in [0.3, 0.4) is 0 Å². The maximum Gasteiger partial charge on any atom is 0.163 e. The molecule has 0 spiro atoms. The molecular formula is C19H24O2. The number of Topliss-reactive ketones (excluding diaryl/α,β-unsaturated/α-hetero) is 1. The molecule has 1 aromatic carbocycles. The average molecular weight is 284 g/mol. The third kappa shape index (κ3) is 3.44. The number of carbonyl (C=O) groups excluding carboxylic acids is 1. The molecule has 1 aromatic heterocycles. The van der Waals surface area contributed by atoms with Gasteiger partial charge in [0.1, 0.15) is 11.5 Å². The molecule has 2 heteroatoms. The van der Waals surface area contributed by atoms with Gasteiger partial charge in [-0.15, -0.1) is 0 Å². The minimum absolute atomic E-state index is 0.0774. The van der Waals surface area contributed by atoms with Gasteiger partial charge in [0.15, 0.2) is 5.78 Å². The Hall–Kier alpha value is -1.83. The van der Waals surface area contributed by atoms with E-state index in [0.717, 1.165) is 41.1 Å². The summed E-state index contributed by atoms with van der Waals surface area (Å²) in [6.45, 7) is 7.76. The summed E-state index contributed by atoms with van der Waals surface area (Å²) < 4.78 is 5.92. The fourth-order valence-electron chi connectivity index (χ4n) is 2.76. The minimum atomic E-state index is 0.0774. The first-order chi connectivity index (χ1) is 10.0. The monoisotopic (exact) mass is 284 g/mol. The van der Waals surface area contributed by atoms with Crippen LogP contribution in [0.25, 0.3) is 11.1 Å². The van der Waals surface area contributed by atoms with Crippen molar-refractivity contribution in [3.8, 4) is 11.1 Å². The largest absolute Gasteiger partial charge is 0.465 e. The molecule has 0 amide bonds. The van der Waals surface area contributed by atoms with Crippen molar-refractivity contribution >= 4 is 5.78 Å². The topological polar surface area (TPSA) is 30.2 Å². The maximum atomic E-state index is 12.0. The van der Waals surface area contributed by atoms with Crippen LogP contribution in [0.2, 0.25) is 0 Å². The molecule has 0 atom stereocenters. The Morgan fingerprint density at radius 2 is 1.76 bits per heavy atom. The standard InChI is InChI=1S/C19H24O2/c1-5-6-7-8-17-19(16-11-9-13(2)10-12-16)18(14(3)20)15(4)21-17/h9-12H,5-8H2,1-4H3. The second-order valence-corrected chi connectivity index (χ2v) is 5.71. The van der Waals surface area contributed by atoms with Gasteiger partial charge in [-0.25, -0.2) is 0 Å². The summed E-state index contributed by atoms with van der Waals surface area (Å²) in [4.78, 5) is 12.0. The Morgan fingerprint density at radius 1 is 1.10 bits per heavy atom. The summed E-state index contributed by atoms with van der Waals surface area (Å²) in [6, 6.07) is 8.32. The SMILES string of the molecule is CCCCCc1oc(C)c(C(C)=O)c1-c1ccc(C)cc1. The summed E-state index contributed by atoms with van der Waals surface area (Å²) in [5, 5.41) is 0. The summed E-state index contributed by atoms with van der Waals surface area (Å²) in [7, 11) is 0. The van der Waals surface area contributed by atoms with Gasteiger partial charge in [0.25, 0.3) is 0 Å². The van der Waals surface area contributed by atoms with E-state index in [4.69, 9.17) is 4.42 Å². The minimum Gasteiger partial charge on any atom is -0.465 e. The van der Waals surface area contributed by atoms with Crippen LogP contribution in [0.5, 0.6) is 0 Å². The van der Waals surface area contributed by atoms with Crippen molar-refractivity contribution < 1.29 is 9.21 Å². The number of unbranched alkanes of at least 4 members (excludes halogenated alkanes) is 2. The Kier molecular flexibility index (Phi) is 5.00. The van der Waals surface area contributed by atoms with Gasteiger partial charge in [-0.1, -0.05) is 49.6 Å². The van der Waals surface area contributed by atoms with Gasteiger partial charge < -0.3 is 4.42 Å². The van der Waals surface area contributed by atoms with E-state index in [9.17, 15) is 4.79 Å². The van der Waals surface area contributed by atoms with Gasteiger partial charge in [-0.05, 0) is 32.8 Å². The molecule has 2 nitrogen and oxygen atoms in total. The number of aryl methyl sites for hydroxylation is 3. The summed E-state index contributed by atoms with van der Waals surface area (Å²) >= 11 is 0. The second kappa shape index (κ2) is 6.75. The molecule has 112 valence electrons. The van der Waals surface area contributed by atoms with Crippen molar-refractivity contribution in [3.63, 3.8) is 0 Å². The molecule has 0 aliphatic rings. The molecule has 2 aromatic rings. The number of carbonyl (C=O) groups is 1. The van der Waals surface area contributed by atoms with Crippen molar-refractivity contribution in [1.29, 1.82) is 0 Å². The number of ketones is 1. The fraction of sp³-hybridized carbons (Fsp3) is 0.421. The third-order valence-corrected chi connectivity index (χ3v) is 3.86. The van der Waals surface area contributed by atoms with Gasteiger partial charge in [-0.2, -0.15) is 0 Å². The van der Waals surface area contributed by atoms with Crippen LogP contribution >= 0.6 is 0 Å². The Morgan fingerprint density at radius 3 is 2.33 bits per heavy atom. The van der Waals surface area contributed by atoms with Gasteiger partial charge in [0.05, 0.1) is 5.56 Å². The smallest absolute Gasteiger partial charge is 0.163 e. The quantitative estimate of drug-likeness (QED) is 0.518. The van der Waals surface area contributed by atoms with E-state index in [0.29, 0.717) is 0 Å². The molecular weight excluding hydrogens is 260 g/mol. The van der Waals surface area contributed by atoms with Crippen LogP contribution in [0.15, 0.2) is 28.7 Å². The molecule has 1 heterocycles. The Labute approximate surface area is 127 Å². The molecule has 0 radical (unpaired) electrons. The number of benzene rings is 1. The Bertz CT molecular complexity index is 618. The normalized spacial score (nSPS) is 10.9. The Balaban J connectivity index is 2.48. The molecule has 0 aliphatic carbocycles. The average Bonchev–Trinajstić information content (AvgIpc) is 2.77. The van der Waals surface area contributed by atoms with Gasteiger partial charge in [-0.3, -0.25) is 4.79 Å². The summed E-state index contributed by atoms with van der Waals surface area (Å²) in [6.07, 6.45) is 4.35. The van der Waals surface area contributed by atoms with E-state index in [2.05, 4.69) is 38.1 Å². The van der Waals surface area contributed by atoms with E-state index in [1.54, 1.807) is 6.92 Å². The second-order valence-electron chi connectivity index (χ2n) is 5.71. The number of furan rings is 1. The fourth-order valence-corrected chi connectivity index (χ4v) is 2.76. The van der Waals surface area contributed by atoms with Crippen molar-refractivity contribution in [3.05, 3.63) is 46.9 Å². The lowest BCUT2D eigenvalue weighted by atomic mass is 9.95. The van der Waals surface area contributed by atoms with E-state index in [1.165, 1.54) is 18.4 Å². The van der Waals surface area contributed by atoms with Crippen LogP contribution in [0, 0.1) is 13.8 Å². The molecule has 0 saturated heterocycles. The number of hydrogen-bond acceptors (Lipinski definition) is 2. The summed E-state index contributed by atoms with van der Waals surface area (Å²) in [5.74, 6) is 1.77. The van der Waals surface area contributed by atoms with Crippen molar-refractivity contribution in [2.45, 2.75) is 53.4 Å². The van der Waals surface area contributed by atoms with Crippen LogP contribution < -0.4 is 0 Å². The predicted octanol–water partition coefficient (Wildman–Crippen LogP) is 5.50. The highest BCUT2D eigenvalue weighted by molar-refractivity contribution is 6.02. The van der Waals surface area contributed by atoms with Crippen LogP contribution in [0.1, 0.15) is 60.6 Å². The van der Waals surface area contributed by atoms with Crippen LogP contribution in [-0.4, -0.2) is 5.78 Å². The third-order valence-electron chi connectivity index (χ3n) is 3.86. The molecule has 0 saturated carbocycles. The lowest BCUT2D eigenvalue weighted by Gasteiger charge is -2.06. The van der Waals surface area contributed by atoms with Crippen molar-refractivity contribution in [2.24, 2.45) is 0 Å². The maximum absolute atomic E-state index is 12.0. The lowest BCUT2D eigenvalue weighted by molar-refractivity contribution is 0.101. The van der Waals surface area contributed by atoms with Crippen LogP contribution in [0.4, 0.5) is 0 Å². The van der Waals surface area contributed by atoms with Crippen molar-refractivity contribution in [2.75, 3.05) is 0 Å². The highest BCUT2D eigenvalue weighted by Crippen LogP contribution is 2.34. The first kappa shape index (κ1) is 15.6. The molecule has 21 heavy (non-hydrogen) atoms. The number of hydrogen-bond donors (Lipinski definition) is 0. The first-order valence-electron chi connectivity index (χ1n) is 7.74. The zero-order chi connectivity index (χ0) is 15.4. The van der Waals surface area contributed by atoms with Gasteiger partial charge >= 0.3 is 0 Å². The van der Waals surface area contributed by atoms with Gasteiger partial charge in [0.2, 0.25) is 0 Å². The van der Waals surface area contributed by atoms with E-state index < -0.39 is 0 Å². The molecule has 0 fully saturated rings. The predicted molar refractivity (Wildman–Crippen MR) is 86.9 cm³/mol. The molecule has 0 unspecified atom stereocenters. The van der Waals surface area contributed by atoms with E-state index in [-0.39, 0.29) is 5.78 Å². The van der Waals surface area contributed by atoms with E-state index >= 15 is 0 Å². The zero-order valence-electron chi connectivity index (χ0n) is 13.5. The lowest BCUT2D eigenvalue weighted by Crippen LogP contribution is -1.96. The van der Waals surface area contributed by atoms with Gasteiger partial charge in [0, 0.05) is 12.0 Å². The first-order valence-corrected chi connectivity index (χ1v) is 7.74. The summed E-state index contributed by atoms with van der Waals surface area (Å²) in [5.41, 5.74) is 4.03. The number of rotatable bonds is 6. The molecule has 0 aliphatic heterocycles. The van der Waals surface area contributed by atoms with Crippen molar-refractivity contribution in [1.82, 2.24) is 0 Å². The highest BCUT2D eigenvalue weighted by atomic mass is 16.3. The van der Waals surface area contributed by atoms with E-state index in [1.807, 2.05) is 6.92 Å². The zero-order valence-corrected chi connectivity index (χ0v) is 13.5. The molecule has 0 N–H and O–H groups in total. The van der Waals surface area contributed by atoms with Crippen LogP contribution in [-0.2, 0) is 6.42 Å². The molecule has 2 rings (SSSR count). The highest BCUT2D eigenvalue weighted by Gasteiger charge is 2.21. The molecule has 0 bridgehead atoms.